The van der Waals surface area contributed by atoms with Crippen LogP contribution >= 0.6 is 0 Å². The summed E-state index contributed by atoms with van der Waals surface area (Å²) in [5.74, 6) is -1.19. The van der Waals surface area contributed by atoms with Crippen molar-refractivity contribution < 1.29 is 24.2 Å². The number of hydrogen-bond acceptors (Lipinski definition) is 4. The molecule has 28 heavy (non-hydrogen) atoms. The van der Waals surface area contributed by atoms with Crippen LogP contribution in [-0.4, -0.2) is 40.6 Å². The Balaban J connectivity index is 1.56. The molecule has 1 saturated heterocycles. The summed E-state index contributed by atoms with van der Waals surface area (Å²) in [6.45, 7) is 0.638. The Morgan fingerprint density at radius 2 is 1.75 bits per heavy atom. The molecule has 1 fully saturated rings. The third-order valence-electron chi connectivity index (χ3n) is 4.57. The van der Waals surface area contributed by atoms with E-state index >= 15 is 0 Å². The van der Waals surface area contributed by atoms with E-state index < -0.39 is 18.1 Å². The van der Waals surface area contributed by atoms with Gasteiger partial charge in [-0.2, -0.15) is 0 Å². The van der Waals surface area contributed by atoms with Crippen molar-refractivity contribution in [2.45, 2.75) is 31.9 Å². The molecular weight excluding hydrogens is 360 g/mol. The van der Waals surface area contributed by atoms with E-state index in [4.69, 9.17) is 9.84 Å². The summed E-state index contributed by atoms with van der Waals surface area (Å²) < 4.78 is 5.35. The van der Waals surface area contributed by atoms with Gasteiger partial charge in [-0.15, -0.1) is 0 Å². The van der Waals surface area contributed by atoms with Crippen LogP contribution in [0.3, 0.4) is 0 Å². The van der Waals surface area contributed by atoms with Crippen LogP contribution in [0.2, 0.25) is 0 Å². The largest absolute Gasteiger partial charge is 0.481 e. The van der Waals surface area contributed by atoms with Crippen molar-refractivity contribution in [1.29, 1.82) is 0 Å². The second kappa shape index (κ2) is 9.03. The fourth-order valence-electron chi connectivity index (χ4n) is 3.17. The van der Waals surface area contributed by atoms with Crippen LogP contribution < -0.4 is 5.32 Å². The molecular formula is C21H22N2O5. The van der Waals surface area contributed by atoms with Crippen LogP contribution in [0, 0.1) is 0 Å². The van der Waals surface area contributed by atoms with Crippen molar-refractivity contribution in [3.05, 3.63) is 65.7 Å². The summed E-state index contributed by atoms with van der Waals surface area (Å²) in [4.78, 5) is 37.2. The van der Waals surface area contributed by atoms with Gasteiger partial charge in [0.1, 0.15) is 12.6 Å². The fraction of sp³-hybridized carbons (Fsp3) is 0.286. The van der Waals surface area contributed by atoms with Crippen molar-refractivity contribution in [1.82, 2.24) is 4.90 Å². The van der Waals surface area contributed by atoms with E-state index in [9.17, 15) is 14.4 Å². The second-order valence-corrected chi connectivity index (χ2v) is 6.65. The molecule has 1 unspecified atom stereocenters. The van der Waals surface area contributed by atoms with E-state index in [-0.39, 0.29) is 18.9 Å². The first kappa shape index (κ1) is 19.4. The van der Waals surface area contributed by atoms with E-state index in [1.807, 2.05) is 30.3 Å². The van der Waals surface area contributed by atoms with Crippen molar-refractivity contribution >= 4 is 23.7 Å². The number of rotatable bonds is 6. The van der Waals surface area contributed by atoms with Crippen LogP contribution in [0.4, 0.5) is 10.5 Å². The molecule has 2 N–H and O–H groups in total. The average Bonchev–Trinajstić information content (AvgIpc) is 3.18. The Hall–Kier alpha value is -3.35. The van der Waals surface area contributed by atoms with Crippen molar-refractivity contribution in [2.24, 2.45) is 0 Å². The molecule has 3 rings (SSSR count). The number of carbonyl (C=O) groups excluding carboxylic acids is 2. The molecule has 0 radical (unpaired) electrons. The van der Waals surface area contributed by atoms with Crippen molar-refractivity contribution in [3.63, 3.8) is 0 Å². The maximum absolute atomic E-state index is 12.6. The molecule has 0 aliphatic carbocycles. The zero-order chi connectivity index (χ0) is 19.9. The van der Waals surface area contributed by atoms with Gasteiger partial charge < -0.3 is 15.2 Å². The minimum Gasteiger partial charge on any atom is -0.481 e. The Kier molecular flexibility index (Phi) is 6.26. The lowest BCUT2D eigenvalue weighted by Crippen LogP contribution is -2.43. The lowest BCUT2D eigenvalue weighted by Gasteiger charge is -2.23. The van der Waals surface area contributed by atoms with Gasteiger partial charge in [-0.1, -0.05) is 42.5 Å². The SMILES string of the molecule is O=C(O)Cc1ccc(NC(=O)C2CCCN2C(=O)OCc2ccccc2)cc1. The highest BCUT2D eigenvalue weighted by atomic mass is 16.6. The quantitative estimate of drug-likeness (QED) is 0.801. The third kappa shape index (κ3) is 5.09. The second-order valence-electron chi connectivity index (χ2n) is 6.65. The molecule has 0 bridgehead atoms. The Labute approximate surface area is 162 Å². The predicted molar refractivity (Wildman–Crippen MR) is 103 cm³/mol. The summed E-state index contributed by atoms with van der Waals surface area (Å²) in [5, 5.41) is 11.6. The molecule has 1 aliphatic heterocycles. The van der Waals surface area contributed by atoms with Crippen LogP contribution in [0.15, 0.2) is 54.6 Å². The molecule has 2 aromatic carbocycles. The van der Waals surface area contributed by atoms with E-state index in [1.54, 1.807) is 24.3 Å². The molecule has 146 valence electrons. The van der Waals surface area contributed by atoms with Gasteiger partial charge in [-0.05, 0) is 36.1 Å². The molecule has 1 heterocycles. The number of benzene rings is 2. The van der Waals surface area contributed by atoms with Gasteiger partial charge in [0.15, 0.2) is 0 Å². The lowest BCUT2D eigenvalue weighted by molar-refractivity contribution is -0.136. The summed E-state index contributed by atoms with van der Waals surface area (Å²) in [6.07, 6.45) is 0.732. The number of hydrogen-bond donors (Lipinski definition) is 2. The van der Waals surface area contributed by atoms with Gasteiger partial charge >= 0.3 is 12.1 Å². The number of carbonyl (C=O) groups is 3. The number of likely N-dealkylation sites (tertiary alicyclic amines) is 1. The number of nitrogens with one attached hydrogen (secondary N) is 1. The molecule has 2 aromatic rings. The van der Waals surface area contributed by atoms with Gasteiger partial charge in [-0.25, -0.2) is 4.79 Å². The summed E-state index contributed by atoms with van der Waals surface area (Å²) in [5.41, 5.74) is 2.10. The minimum atomic E-state index is -0.910. The van der Waals surface area contributed by atoms with E-state index in [0.717, 1.165) is 12.0 Å². The third-order valence-corrected chi connectivity index (χ3v) is 4.57. The number of nitrogens with zero attached hydrogens (tertiary/aromatic N) is 1. The van der Waals surface area contributed by atoms with Gasteiger partial charge in [0, 0.05) is 12.2 Å². The maximum atomic E-state index is 12.6. The first-order valence-electron chi connectivity index (χ1n) is 9.12. The van der Waals surface area contributed by atoms with Crippen LogP contribution in [0.5, 0.6) is 0 Å². The summed E-state index contributed by atoms with van der Waals surface area (Å²) >= 11 is 0. The molecule has 7 heteroatoms. The molecule has 1 atom stereocenters. The number of amides is 2. The smallest absolute Gasteiger partial charge is 0.410 e. The number of anilines is 1. The maximum Gasteiger partial charge on any atom is 0.410 e. The van der Waals surface area contributed by atoms with Crippen LogP contribution in [0.1, 0.15) is 24.0 Å². The standard InChI is InChI=1S/C21H22N2O5/c24-19(25)13-15-8-10-17(11-9-15)22-20(26)18-7-4-12-23(18)21(27)28-14-16-5-2-1-3-6-16/h1-3,5-6,8-11,18H,4,7,12-14H2,(H,22,26)(H,24,25). The zero-order valence-corrected chi connectivity index (χ0v) is 15.3. The monoisotopic (exact) mass is 382 g/mol. The Bertz CT molecular complexity index is 836. The topological polar surface area (TPSA) is 95.9 Å². The summed E-state index contributed by atoms with van der Waals surface area (Å²) in [7, 11) is 0. The first-order chi connectivity index (χ1) is 13.5. The lowest BCUT2D eigenvalue weighted by atomic mass is 10.1. The zero-order valence-electron chi connectivity index (χ0n) is 15.3. The number of carboxylic acids is 1. The highest BCUT2D eigenvalue weighted by molar-refractivity contribution is 5.96. The molecule has 0 spiro atoms. The van der Waals surface area contributed by atoms with Crippen molar-refractivity contribution in [2.75, 3.05) is 11.9 Å². The van der Waals surface area contributed by atoms with E-state index in [1.165, 1.54) is 4.90 Å². The van der Waals surface area contributed by atoms with E-state index in [2.05, 4.69) is 5.32 Å². The number of ether oxygens (including phenoxy) is 1. The highest BCUT2D eigenvalue weighted by Crippen LogP contribution is 2.21. The van der Waals surface area contributed by atoms with Gasteiger partial charge in [0.25, 0.3) is 0 Å². The molecule has 0 saturated carbocycles. The fourth-order valence-corrected chi connectivity index (χ4v) is 3.17. The predicted octanol–water partition coefficient (Wildman–Crippen LogP) is 3.05. The Morgan fingerprint density at radius 3 is 2.43 bits per heavy atom. The number of aliphatic carboxylic acids is 1. The highest BCUT2D eigenvalue weighted by Gasteiger charge is 2.35. The van der Waals surface area contributed by atoms with Crippen LogP contribution in [-0.2, 0) is 27.4 Å². The molecule has 2 amide bonds. The normalized spacial score (nSPS) is 15.9. The molecule has 0 aromatic heterocycles. The Morgan fingerprint density at radius 1 is 1.04 bits per heavy atom. The minimum absolute atomic E-state index is 0.0715. The van der Waals surface area contributed by atoms with Crippen molar-refractivity contribution in [3.8, 4) is 0 Å². The van der Waals surface area contributed by atoms with Gasteiger partial charge in [0.2, 0.25) is 5.91 Å². The average molecular weight is 382 g/mol. The molecule has 7 nitrogen and oxygen atoms in total. The first-order valence-corrected chi connectivity index (χ1v) is 9.12. The molecule has 1 aliphatic rings. The summed E-state index contributed by atoms with van der Waals surface area (Å²) in [6, 6.07) is 15.4. The number of carboxylic acid groups (broad SMARTS) is 1. The van der Waals surface area contributed by atoms with E-state index in [0.29, 0.717) is 24.2 Å². The van der Waals surface area contributed by atoms with Gasteiger partial charge in [-0.3, -0.25) is 14.5 Å². The van der Waals surface area contributed by atoms with Crippen LogP contribution in [0.25, 0.3) is 0 Å². The van der Waals surface area contributed by atoms with Gasteiger partial charge in [0.05, 0.1) is 6.42 Å².